The first-order chi connectivity index (χ1) is 6.33. The van der Waals surface area contributed by atoms with Crippen LogP contribution < -0.4 is 0 Å². The molecule has 0 radical (unpaired) electrons. The van der Waals surface area contributed by atoms with E-state index in [1.165, 1.54) is 0 Å². The van der Waals surface area contributed by atoms with Crippen molar-refractivity contribution in [3.8, 4) is 0 Å². The van der Waals surface area contributed by atoms with Crippen LogP contribution in [-0.2, 0) is 19.6 Å². The molecule has 2 heteroatoms. The summed E-state index contributed by atoms with van der Waals surface area (Å²) in [4.78, 5) is 0. The predicted octanol–water partition coefficient (Wildman–Crippen LogP) is 1.62. The highest BCUT2D eigenvalue weighted by Crippen LogP contribution is 2.16. The van der Waals surface area contributed by atoms with Crippen molar-refractivity contribution in [1.29, 1.82) is 0 Å². The zero-order valence-corrected chi connectivity index (χ0v) is 7.95. The number of rotatable bonds is 4. The second-order valence-corrected chi connectivity index (χ2v) is 3.12. The van der Waals surface area contributed by atoms with E-state index in [0.717, 1.165) is 29.5 Å². The van der Waals surface area contributed by atoms with Gasteiger partial charge in [-0.15, -0.1) is 0 Å². The zero-order chi connectivity index (χ0) is 9.68. The minimum atomic E-state index is 0.00739. The Kier molecular flexibility index (Phi) is 3.93. The van der Waals surface area contributed by atoms with Gasteiger partial charge in [0.25, 0.3) is 0 Å². The first-order valence-corrected chi connectivity index (χ1v) is 4.64. The summed E-state index contributed by atoms with van der Waals surface area (Å²) in [6.45, 7) is 2.13. The fourth-order valence-electron chi connectivity index (χ4n) is 1.54. The molecular formula is C11H16O2. The summed E-state index contributed by atoms with van der Waals surface area (Å²) >= 11 is 0. The highest BCUT2D eigenvalue weighted by Gasteiger charge is 2.05. The molecule has 0 unspecified atom stereocenters. The molecule has 13 heavy (non-hydrogen) atoms. The Bertz CT molecular complexity index is 269. The molecule has 0 aliphatic rings. The third-order valence-electron chi connectivity index (χ3n) is 2.22. The summed E-state index contributed by atoms with van der Waals surface area (Å²) in [5.41, 5.74) is 2.89. The maximum absolute atomic E-state index is 9.15. The minimum Gasteiger partial charge on any atom is -0.392 e. The van der Waals surface area contributed by atoms with Gasteiger partial charge in [-0.1, -0.05) is 31.5 Å². The van der Waals surface area contributed by atoms with Gasteiger partial charge in [0, 0.05) is 0 Å². The monoisotopic (exact) mass is 180 g/mol. The maximum Gasteiger partial charge on any atom is 0.0688 e. The largest absolute Gasteiger partial charge is 0.392 e. The number of aliphatic hydroxyl groups excluding tert-OH is 2. The van der Waals surface area contributed by atoms with Crippen LogP contribution in [-0.4, -0.2) is 10.2 Å². The van der Waals surface area contributed by atoms with Gasteiger partial charge in [-0.2, -0.15) is 0 Å². The Morgan fingerprint density at radius 3 is 2.31 bits per heavy atom. The van der Waals surface area contributed by atoms with E-state index in [2.05, 4.69) is 6.92 Å². The first-order valence-electron chi connectivity index (χ1n) is 4.64. The van der Waals surface area contributed by atoms with Crippen LogP contribution in [0.25, 0.3) is 0 Å². The van der Waals surface area contributed by atoms with Crippen LogP contribution in [0, 0.1) is 0 Å². The van der Waals surface area contributed by atoms with Crippen LogP contribution in [0.4, 0.5) is 0 Å². The molecule has 0 bridgehead atoms. The summed E-state index contributed by atoms with van der Waals surface area (Å²) in [5, 5.41) is 18.2. The van der Waals surface area contributed by atoms with Crippen LogP contribution >= 0.6 is 0 Å². The third kappa shape index (κ3) is 2.29. The minimum absolute atomic E-state index is 0.00739. The van der Waals surface area contributed by atoms with E-state index in [1.807, 2.05) is 18.2 Å². The molecule has 0 amide bonds. The molecule has 1 aromatic carbocycles. The van der Waals surface area contributed by atoms with Gasteiger partial charge in [0.2, 0.25) is 0 Å². The number of hydrogen-bond donors (Lipinski definition) is 2. The second kappa shape index (κ2) is 5.00. The lowest BCUT2D eigenvalue weighted by atomic mass is 9.99. The topological polar surface area (TPSA) is 40.5 Å². The van der Waals surface area contributed by atoms with Crippen LogP contribution in [0.3, 0.4) is 0 Å². The average molecular weight is 180 g/mol. The van der Waals surface area contributed by atoms with Gasteiger partial charge in [-0.05, 0) is 23.1 Å². The molecular weight excluding hydrogens is 164 g/mol. The van der Waals surface area contributed by atoms with Gasteiger partial charge in [-0.25, -0.2) is 0 Å². The molecule has 72 valence electrons. The fraction of sp³-hybridized carbons (Fsp3) is 0.455. The van der Waals surface area contributed by atoms with Crippen LogP contribution in [0.15, 0.2) is 18.2 Å². The standard InChI is InChI=1S/C11H16O2/c1-2-4-9-5-3-6-10(7-12)11(9)8-13/h3,5-6,12-13H,2,4,7-8H2,1H3. The number of aryl methyl sites for hydroxylation is 1. The molecule has 0 aliphatic carbocycles. The lowest BCUT2D eigenvalue weighted by Gasteiger charge is -2.10. The quantitative estimate of drug-likeness (QED) is 0.739. The summed E-state index contributed by atoms with van der Waals surface area (Å²) in [7, 11) is 0. The summed E-state index contributed by atoms with van der Waals surface area (Å²) in [5.74, 6) is 0. The molecule has 2 N–H and O–H groups in total. The Morgan fingerprint density at radius 1 is 1.08 bits per heavy atom. The highest BCUT2D eigenvalue weighted by atomic mass is 16.3. The van der Waals surface area contributed by atoms with Crippen molar-refractivity contribution < 1.29 is 10.2 Å². The second-order valence-electron chi connectivity index (χ2n) is 3.12. The number of hydrogen-bond acceptors (Lipinski definition) is 2. The van der Waals surface area contributed by atoms with E-state index in [9.17, 15) is 0 Å². The van der Waals surface area contributed by atoms with E-state index in [0.29, 0.717) is 0 Å². The van der Waals surface area contributed by atoms with Gasteiger partial charge in [0.15, 0.2) is 0 Å². The van der Waals surface area contributed by atoms with Crippen molar-refractivity contribution in [2.75, 3.05) is 0 Å². The molecule has 2 nitrogen and oxygen atoms in total. The van der Waals surface area contributed by atoms with Crippen molar-refractivity contribution in [3.63, 3.8) is 0 Å². The Hall–Kier alpha value is -0.860. The first kappa shape index (κ1) is 10.2. The lowest BCUT2D eigenvalue weighted by Crippen LogP contribution is -1.99. The summed E-state index contributed by atoms with van der Waals surface area (Å²) in [6, 6.07) is 5.79. The molecule has 0 aliphatic heterocycles. The Labute approximate surface area is 78.8 Å². The van der Waals surface area contributed by atoms with Gasteiger partial charge in [-0.3, -0.25) is 0 Å². The molecule has 0 saturated carbocycles. The average Bonchev–Trinajstić information content (AvgIpc) is 2.18. The smallest absolute Gasteiger partial charge is 0.0688 e. The molecule has 1 rings (SSSR count). The Morgan fingerprint density at radius 2 is 1.77 bits per heavy atom. The Balaban J connectivity index is 3.03. The summed E-state index contributed by atoms with van der Waals surface area (Å²) < 4.78 is 0. The maximum atomic E-state index is 9.15. The molecule has 0 atom stereocenters. The molecule has 0 heterocycles. The van der Waals surface area contributed by atoms with Crippen molar-refractivity contribution in [3.05, 3.63) is 34.9 Å². The number of benzene rings is 1. The van der Waals surface area contributed by atoms with Crippen LogP contribution in [0.2, 0.25) is 0 Å². The normalized spacial score (nSPS) is 10.4. The van der Waals surface area contributed by atoms with Crippen LogP contribution in [0.5, 0.6) is 0 Å². The lowest BCUT2D eigenvalue weighted by molar-refractivity contribution is 0.259. The fourth-order valence-corrected chi connectivity index (χ4v) is 1.54. The SMILES string of the molecule is CCCc1cccc(CO)c1CO. The van der Waals surface area contributed by atoms with Crippen molar-refractivity contribution in [2.24, 2.45) is 0 Å². The highest BCUT2D eigenvalue weighted by molar-refractivity contribution is 5.34. The van der Waals surface area contributed by atoms with Crippen molar-refractivity contribution in [1.82, 2.24) is 0 Å². The number of aliphatic hydroxyl groups is 2. The molecule has 0 fully saturated rings. The van der Waals surface area contributed by atoms with Crippen molar-refractivity contribution >= 4 is 0 Å². The van der Waals surface area contributed by atoms with Crippen LogP contribution in [0.1, 0.15) is 30.0 Å². The van der Waals surface area contributed by atoms with Gasteiger partial charge >= 0.3 is 0 Å². The molecule has 0 spiro atoms. The van der Waals surface area contributed by atoms with E-state index >= 15 is 0 Å². The van der Waals surface area contributed by atoms with Gasteiger partial charge in [0.1, 0.15) is 0 Å². The third-order valence-corrected chi connectivity index (χ3v) is 2.22. The van der Waals surface area contributed by atoms with E-state index in [4.69, 9.17) is 10.2 Å². The van der Waals surface area contributed by atoms with Crippen molar-refractivity contribution in [2.45, 2.75) is 33.0 Å². The van der Waals surface area contributed by atoms with Gasteiger partial charge in [0.05, 0.1) is 13.2 Å². The molecule has 0 aromatic heterocycles. The molecule has 1 aromatic rings. The predicted molar refractivity (Wildman–Crippen MR) is 52.3 cm³/mol. The summed E-state index contributed by atoms with van der Waals surface area (Å²) in [6.07, 6.45) is 2.02. The van der Waals surface area contributed by atoms with E-state index in [-0.39, 0.29) is 13.2 Å². The van der Waals surface area contributed by atoms with E-state index in [1.54, 1.807) is 0 Å². The van der Waals surface area contributed by atoms with E-state index < -0.39 is 0 Å². The van der Waals surface area contributed by atoms with Gasteiger partial charge < -0.3 is 10.2 Å². The molecule has 0 saturated heterocycles. The zero-order valence-electron chi connectivity index (χ0n) is 7.95.